The Hall–Kier alpha value is -2.90. The van der Waals surface area contributed by atoms with Crippen molar-refractivity contribution in [2.24, 2.45) is 5.41 Å². The van der Waals surface area contributed by atoms with Gasteiger partial charge in [0, 0.05) is 43.4 Å². The van der Waals surface area contributed by atoms with E-state index in [9.17, 15) is 23.2 Å². The second kappa shape index (κ2) is 7.32. The lowest BCUT2D eigenvalue weighted by Crippen LogP contribution is -2.48. The summed E-state index contributed by atoms with van der Waals surface area (Å²) < 4.78 is 48.1. The van der Waals surface area contributed by atoms with Crippen LogP contribution in [-0.2, 0) is 9.53 Å². The van der Waals surface area contributed by atoms with Gasteiger partial charge in [-0.15, -0.1) is 0 Å². The fourth-order valence-corrected chi connectivity index (χ4v) is 5.23. The Morgan fingerprint density at radius 1 is 1.38 bits per heavy atom. The smallest absolute Gasteiger partial charge is 0.375 e. The molecule has 0 bridgehead atoms. The molecule has 1 saturated carbocycles. The second-order valence-corrected chi connectivity index (χ2v) is 8.79. The number of pyridine rings is 1. The molecule has 3 heterocycles. The van der Waals surface area contributed by atoms with Crippen LogP contribution in [-0.4, -0.2) is 61.5 Å². The molecule has 3 aliphatic rings. The Labute approximate surface area is 182 Å². The number of ether oxygens (including phenoxy) is 1. The van der Waals surface area contributed by atoms with E-state index in [-0.39, 0.29) is 32.0 Å². The van der Waals surface area contributed by atoms with Crippen molar-refractivity contribution in [3.63, 3.8) is 0 Å². The standard InChI is InChI=1S/C22H22F3N5O2/c23-22(24,25)20-11-21(20,29-18(31)8-15-10-27-6-7-32-15)13-30(12-20)17-4-3-14(9-26)19-16(17)2-1-5-28-19/h1-5,15,27H,6-8,10-13H2,(H,29,31). The summed E-state index contributed by atoms with van der Waals surface area (Å²) in [6.45, 7) is 1.46. The monoisotopic (exact) mass is 445 g/mol. The Morgan fingerprint density at radius 2 is 2.22 bits per heavy atom. The van der Waals surface area contributed by atoms with E-state index in [0.717, 1.165) is 0 Å². The number of aromatic nitrogens is 1. The number of piperidine rings is 1. The molecule has 0 spiro atoms. The molecule has 3 fully saturated rings. The van der Waals surface area contributed by atoms with Crippen molar-refractivity contribution in [2.75, 3.05) is 37.7 Å². The summed E-state index contributed by atoms with van der Waals surface area (Å²) in [6.07, 6.45) is -3.37. The number of hydrogen-bond donors (Lipinski definition) is 2. The fourth-order valence-electron chi connectivity index (χ4n) is 5.23. The number of nitrogens with zero attached hydrogens (tertiary/aromatic N) is 3. The zero-order valence-electron chi connectivity index (χ0n) is 17.2. The molecule has 2 aliphatic heterocycles. The van der Waals surface area contributed by atoms with Gasteiger partial charge in [-0.2, -0.15) is 18.4 Å². The lowest BCUT2D eigenvalue weighted by molar-refractivity contribution is -0.187. The predicted octanol–water partition coefficient (Wildman–Crippen LogP) is 2.11. The maximum atomic E-state index is 14.2. The van der Waals surface area contributed by atoms with Crippen molar-refractivity contribution >= 4 is 22.5 Å². The molecule has 0 radical (unpaired) electrons. The highest BCUT2D eigenvalue weighted by atomic mass is 19.4. The maximum Gasteiger partial charge on any atom is 0.398 e. The van der Waals surface area contributed by atoms with Crippen molar-refractivity contribution < 1.29 is 22.7 Å². The molecule has 168 valence electrons. The number of benzene rings is 1. The van der Waals surface area contributed by atoms with Gasteiger partial charge in [-0.25, -0.2) is 0 Å². The molecule has 1 aromatic carbocycles. The van der Waals surface area contributed by atoms with E-state index in [2.05, 4.69) is 21.7 Å². The molecule has 32 heavy (non-hydrogen) atoms. The number of alkyl halides is 3. The first-order chi connectivity index (χ1) is 15.3. The van der Waals surface area contributed by atoms with Gasteiger partial charge in [0.1, 0.15) is 11.5 Å². The third kappa shape index (κ3) is 3.19. The number of carbonyl (C=O) groups excluding carboxylic acids is 1. The zero-order chi connectivity index (χ0) is 22.6. The van der Waals surface area contributed by atoms with Gasteiger partial charge in [0.05, 0.1) is 35.8 Å². The lowest BCUT2D eigenvalue weighted by atomic mass is 10.0. The van der Waals surface area contributed by atoms with E-state index in [4.69, 9.17) is 4.74 Å². The van der Waals surface area contributed by atoms with E-state index < -0.39 is 23.0 Å². The first kappa shape index (κ1) is 21.0. The molecule has 3 unspecified atom stereocenters. The number of nitriles is 1. The minimum Gasteiger partial charge on any atom is -0.375 e. The number of fused-ring (bicyclic) bond motifs is 2. The van der Waals surface area contributed by atoms with Crippen LogP contribution in [0.15, 0.2) is 30.5 Å². The number of amides is 1. The second-order valence-electron chi connectivity index (χ2n) is 8.79. The lowest BCUT2D eigenvalue weighted by Gasteiger charge is -2.26. The summed E-state index contributed by atoms with van der Waals surface area (Å²) in [5.74, 6) is -0.432. The maximum absolute atomic E-state index is 14.2. The van der Waals surface area contributed by atoms with Gasteiger partial charge in [-0.05, 0) is 30.7 Å². The summed E-state index contributed by atoms with van der Waals surface area (Å²) in [4.78, 5) is 18.6. The summed E-state index contributed by atoms with van der Waals surface area (Å²) in [5, 5.41) is 15.8. The average molecular weight is 445 g/mol. The van der Waals surface area contributed by atoms with Crippen LogP contribution in [0.5, 0.6) is 0 Å². The molecule has 1 aromatic heterocycles. The normalized spacial score (nSPS) is 29.4. The van der Waals surface area contributed by atoms with Crippen LogP contribution in [0.3, 0.4) is 0 Å². The molecule has 3 atom stereocenters. The van der Waals surface area contributed by atoms with E-state index in [1.807, 2.05) is 0 Å². The largest absolute Gasteiger partial charge is 0.398 e. The predicted molar refractivity (Wildman–Crippen MR) is 110 cm³/mol. The minimum absolute atomic E-state index is 0.0202. The van der Waals surface area contributed by atoms with Crippen molar-refractivity contribution in [1.29, 1.82) is 5.26 Å². The van der Waals surface area contributed by atoms with Gasteiger partial charge in [0.25, 0.3) is 0 Å². The number of morpholine rings is 1. The van der Waals surface area contributed by atoms with Gasteiger partial charge in [-0.1, -0.05) is 0 Å². The molecule has 2 N–H and O–H groups in total. The molecule has 2 saturated heterocycles. The third-order valence-electron chi connectivity index (χ3n) is 6.86. The number of halogens is 3. The molecule has 7 nitrogen and oxygen atoms in total. The first-order valence-corrected chi connectivity index (χ1v) is 10.5. The number of nitrogens with one attached hydrogen (secondary N) is 2. The Kier molecular flexibility index (Phi) is 4.80. The Bertz CT molecular complexity index is 1110. The Balaban J connectivity index is 1.43. The van der Waals surface area contributed by atoms with Gasteiger partial charge in [-0.3, -0.25) is 9.78 Å². The van der Waals surface area contributed by atoms with Crippen LogP contribution in [0.2, 0.25) is 0 Å². The number of anilines is 1. The van der Waals surface area contributed by atoms with E-state index in [1.54, 1.807) is 35.4 Å². The SMILES string of the molecule is N#Cc1ccc(N2CC3(NC(=O)CC4CNCCO4)CC3(C(F)(F)F)C2)c2cccnc12. The molecule has 10 heteroatoms. The van der Waals surface area contributed by atoms with E-state index in [0.29, 0.717) is 41.9 Å². The van der Waals surface area contributed by atoms with Gasteiger partial charge < -0.3 is 20.3 Å². The number of carbonyl (C=O) groups is 1. The van der Waals surface area contributed by atoms with Crippen molar-refractivity contribution in [3.8, 4) is 6.07 Å². The van der Waals surface area contributed by atoms with Gasteiger partial charge in [0.2, 0.25) is 5.91 Å². The van der Waals surface area contributed by atoms with Crippen LogP contribution in [0.25, 0.3) is 10.9 Å². The van der Waals surface area contributed by atoms with Crippen LogP contribution < -0.4 is 15.5 Å². The van der Waals surface area contributed by atoms with E-state index in [1.165, 1.54) is 0 Å². The quantitative estimate of drug-likeness (QED) is 0.750. The Morgan fingerprint density at radius 3 is 2.94 bits per heavy atom. The summed E-state index contributed by atoms with van der Waals surface area (Å²) in [5.41, 5.74) is -1.97. The van der Waals surface area contributed by atoms with Gasteiger partial charge >= 0.3 is 6.18 Å². The zero-order valence-corrected chi connectivity index (χ0v) is 17.2. The highest BCUT2D eigenvalue weighted by molar-refractivity contribution is 5.95. The van der Waals surface area contributed by atoms with Crippen LogP contribution in [0.4, 0.5) is 18.9 Å². The van der Waals surface area contributed by atoms with Crippen molar-refractivity contribution in [1.82, 2.24) is 15.6 Å². The van der Waals surface area contributed by atoms with E-state index >= 15 is 0 Å². The topological polar surface area (TPSA) is 90.3 Å². The average Bonchev–Trinajstić information content (AvgIpc) is 3.28. The van der Waals surface area contributed by atoms with Crippen LogP contribution in [0.1, 0.15) is 18.4 Å². The third-order valence-corrected chi connectivity index (χ3v) is 6.86. The van der Waals surface area contributed by atoms with Crippen LogP contribution in [0, 0.1) is 16.7 Å². The van der Waals surface area contributed by atoms with Crippen molar-refractivity contribution in [2.45, 2.75) is 30.7 Å². The number of hydrogen-bond acceptors (Lipinski definition) is 6. The molecule has 2 aromatic rings. The van der Waals surface area contributed by atoms with Gasteiger partial charge in [0.15, 0.2) is 0 Å². The molecular weight excluding hydrogens is 423 g/mol. The molecule has 1 amide bonds. The highest BCUT2D eigenvalue weighted by Gasteiger charge is 2.84. The fraction of sp³-hybridized carbons (Fsp3) is 0.500. The number of rotatable bonds is 4. The summed E-state index contributed by atoms with van der Waals surface area (Å²) in [6, 6.07) is 8.76. The summed E-state index contributed by atoms with van der Waals surface area (Å²) in [7, 11) is 0. The van der Waals surface area contributed by atoms with Crippen LogP contribution >= 0.6 is 0 Å². The van der Waals surface area contributed by atoms with Crippen molar-refractivity contribution in [3.05, 3.63) is 36.0 Å². The molecule has 1 aliphatic carbocycles. The highest BCUT2D eigenvalue weighted by Crippen LogP contribution is 2.69. The summed E-state index contributed by atoms with van der Waals surface area (Å²) >= 11 is 0. The molecular formula is C22H22F3N5O2. The first-order valence-electron chi connectivity index (χ1n) is 10.5. The molecule has 5 rings (SSSR count). The minimum atomic E-state index is -4.46.